The van der Waals surface area contributed by atoms with Crippen LogP contribution in [0.4, 0.5) is 0 Å². The molecule has 0 unspecified atom stereocenters. The Bertz CT molecular complexity index is 2860. The predicted octanol–water partition coefficient (Wildman–Crippen LogP) is 11.3. The number of fused-ring (bicyclic) bond motifs is 8. The van der Waals surface area contributed by atoms with Gasteiger partial charge in [-0.15, -0.1) is 0 Å². The summed E-state index contributed by atoms with van der Waals surface area (Å²) in [5.41, 5.74) is 6.48. The van der Waals surface area contributed by atoms with Gasteiger partial charge in [-0.1, -0.05) is 115 Å². The van der Waals surface area contributed by atoms with Crippen molar-refractivity contribution in [2.75, 3.05) is 0 Å². The summed E-state index contributed by atoms with van der Waals surface area (Å²) >= 11 is 0. The average Bonchev–Trinajstić information content (AvgIpc) is 3.57. The minimum Gasteiger partial charge on any atom is -0.455 e. The van der Waals surface area contributed by atoms with Crippen molar-refractivity contribution < 1.29 is 4.42 Å². The van der Waals surface area contributed by atoms with Crippen molar-refractivity contribution in [2.45, 2.75) is 0 Å². The fourth-order valence-electron chi connectivity index (χ4n) is 7.14. The van der Waals surface area contributed by atoms with Crippen LogP contribution in [-0.2, 0) is 0 Å². The van der Waals surface area contributed by atoms with E-state index in [1.165, 1.54) is 5.39 Å². The monoisotopic (exact) mass is 626 g/mol. The number of furan rings is 1. The van der Waals surface area contributed by atoms with Crippen molar-refractivity contribution in [1.82, 2.24) is 19.9 Å². The third-order valence-electron chi connectivity index (χ3n) is 9.40. The molecule has 0 saturated carbocycles. The second-order valence-electron chi connectivity index (χ2n) is 12.2. The molecule has 0 atom stereocenters. The number of rotatable bonds is 4. The van der Waals surface area contributed by atoms with Crippen LogP contribution in [0.3, 0.4) is 0 Å². The van der Waals surface area contributed by atoms with Crippen molar-refractivity contribution in [2.24, 2.45) is 0 Å². The Labute approximate surface area is 281 Å². The summed E-state index contributed by atoms with van der Waals surface area (Å²) in [5, 5.41) is 8.71. The van der Waals surface area contributed by atoms with Gasteiger partial charge in [0.1, 0.15) is 11.2 Å². The van der Waals surface area contributed by atoms with E-state index in [-0.39, 0.29) is 0 Å². The molecule has 10 rings (SSSR count). The van der Waals surface area contributed by atoms with Crippen LogP contribution in [0.25, 0.3) is 99.5 Å². The molecule has 0 aliphatic heterocycles. The number of para-hydroxylation sites is 1. The highest BCUT2D eigenvalue weighted by Crippen LogP contribution is 2.43. The SMILES string of the molecule is c1ccc(-c2nc(-c3cc4ccccc4c4c3ccc3ccncc34)nc(-c3ccc(-c4ccccc4)c4oc5ccccc5c34)n2)cc1. The van der Waals surface area contributed by atoms with Crippen molar-refractivity contribution in [3.63, 3.8) is 0 Å². The van der Waals surface area contributed by atoms with E-state index in [2.05, 4.69) is 96.0 Å². The number of aromatic nitrogens is 4. The summed E-state index contributed by atoms with van der Waals surface area (Å²) in [6.07, 6.45) is 3.80. The lowest BCUT2D eigenvalue weighted by molar-refractivity contribution is 0.670. The Kier molecular flexibility index (Phi) is 6.11. The normalized spacial score (nSPS) is 11.7. The van der Waals surface area contributed by atoms with E-state index in [0.717, 1.165) is 76.7 Å². The topological polar surface area (TPSA) is 64.7 Å². The molecule has 3 aromatic heterocycles. The van der Waals surface area contributed by atoms with Crippen molar-refractivity contribution >= 4 is 54.3 Å². The molecule has 5 heteroatoms. The van der Waals surface area contributed by atoms with E-state index in [1.807, 2.05) is 67.0 Å². The number of hydrogen-bond acceptors (Lipinski definition) is 5. The third kappa shape index (κ3) is 4.40. The number of pyridine rings is 1. The van der Waals surface area contributed by atoms with E-state index in [4.69, 9.17) is 19.4 Å². The maximum Gasteiger partial charge on any atom is 0.164 e. The van der Waals surface area contributed by atoms with Gasteiger partial charge in [0.05, 0.1) is 0 Å². The molecule has 0 aliphatic carbocycles. The standard InChI is InChI=1S/C44H26N4O/c1-3-11-27(12-4-1)32-21-22-35(40-34-17-9-10-18-38(34)49-41(32)40)43-46-42(29-13-5-2-6-14-29)47-44(48-43)36-25-30-15-7-8-16-31(30)39-33(36)20-19-28-23-24-45-26-37(28)39/h1-26H. The molecule has 0 N–H and O–H groups in total. The minimum atomic E-state index is 0.587. The van der Waals surface area contributed by atoms with Gasteiger partial charge in [-0.05, 0) is 62.8 Å². The summed E-state index contributed by atoms with van der Waals surface area (Å²) in [7, 11) is 0. The van der Waals surface area contributed by atoms with Gasteiger partial charge in [0.15, 0.2) is 17.5 Å². The van der Waals surface area contributed by atoms with E-state index < -0.39 is 0 Å². The molecule has 3 heterocycles. The average molecular weight is 627 g/mol. The molecule has 0 saturated heterocycles. The van der Waals surface area contributed by atoms with Gasteiger partial charge in [0.2, 0.25) is 0 Å². The molecular weight excluding hydrogens is 601 g/mol. The van der Waals surface area contributed by atoms with Crippen LogP contribution in [-0.4, -0.2) is 19.9 Å². The zero-order chi connectivity index (χ0) is 32.3. The smallest absolute Gasteiger partial charge is 0.164 e. The van der Waals surface area contributed by atoms with E-state index in [1.54, 1.807) is 0 Å². The first-order valence-corrected chi connectivity index (χ1v) is 16.3. The van der Waals surface area contributed by atoms with Gasteiger partial charge < -0.3 is 4.42 Å². The molecule has 0 bridgehead atoms. The highest BCUT2D eigenvalue weighted by atomic mass is 16.3. The van der Waals surface area contributed by atoms with Crippen LogP contribution in [0.5, 0.6) is 0 Å². The molecule has 0 aliphatic rings. The fraction of sp³-hybridized carbons (Fsp3) is 0. The Hall–Kier alpha value is -6.72. The number of nitrogens with zero attached hydrogens (tertiary/aromatic N) is 4. The number of hydrogen-bond donors (Lipinski definition) is 0. The highest BCUT2D eigenvalue weighted by Gasteiger charge is 2.22. The van der Waals surface area contributed by atoms with Crippen molar-refractivity contribution in [3.05, 3.63) is 158 Å². The van der Waals surface area contributed by atoms with Crippen LogP contribution < -0.4 is 0 Å². The summed E-state index contributed by atoms with van der Waals surface area (Å²) < 4.78 is 6.60. The fourth-order valence-corrected chi connectivity index (χ4v) is 7.14. The zero-order valence-electron chi connectivity index (χ0n) is 26.2. The van der Waals surface area contributed by atoms with E-state index >= 15 is 0 Å². The molecule has 0 radical (unpaired) electrons. The molecule has 5 nitrogen and oxygen atoms in total. The summed E-state index contributed by atoms with van der Waals surface area (Å²) in [4.78, 5) is 20.1. The lowest BCUT2D eigenvalue weighted by atomic mass is 9.93. The molecule has 0 amide bonds. The van der Waals surface area contributed by atoms with Crippen LogP contribution in [0.2, 0.25) is 0 Å². The van der Waals surface area contributed by atoms with Crippen LogP contribution in [0.1, 0.15) is 0 Å². The zero-order valence-corrected chi connectivity index (χ0v) is 26.2. The van der Waals surface area contributed by atoms with Crippen LogP contribution >= 0.6 is 0 Å². The molecular formula is C44H26N4O. The molecule has 49 heavy (non-hydrogen) atoms. The quantitative estimate of drug-likeness (QED) is 0.182. The van der Waals surface area contributed by atoms with Crippen molar-refractivity contribution in [3.8, 4) is 45.3 Å². The van der Waals surface area contributed by atoms with Crippen molar-refractivity contribution in [1.29, 1.82) is 0 Å². The van der Waals surface area contributed by atoms with Gasteiger partial charge in [0, 0.05) is 50.8 Å². The third-order valence-corrected chi connectivity index (χ3v) is 9.40. The highest BCUT2D eigenvalue weighted by molar-refractivity contribution is 6.23. The lowest BCUT2D eigenvalue weighted by Crippen LogP contribution is -2.01. The van der Waals surface area contributed by atoms with Gasteiger partial charge in [-0.2, -0.15) is 0 Å². The van der Waals surface area contributed by atoms with Crippen LogP contribution in [0, 0.1) is 0 Å². The predicted molar refractivity (Wildman–Crippen MR) is 199 cm³/mol. The molecule has 10 aromatic rings. The molecule has 0 spiro atoms. The second kappa shape index (κ2) is 10.9. The maximum atomic E-state index is 6.60. The Morgan fingerprint density at radius 1 is 0.408 bits per heavy atom. The Balaban J connectivity index is 1.31. The van der Waals surface area contributed by atoms with Gasteiger partial charge in [-0.3, -0.25) is 4.98 Å². The first-order chi connectivity index (χ1) is 24.3. The van der Waals surface area contributed by atoms with Gasteiger partial charge in [0.25, 0.3) is 0 Å². The Morgan fingerprint density at radius 3 is 1.92 bits per heavy atom. The second-order valence-corrected chi connectivity index (χ2v) is 12.2. The molecule has 7 aromatic carbocycles. The summed E-state index contributed by atoms with van der Waals surface area (Å²) in [6, 6.07) is 50.0. The molecule has 0 fully saturated rings. The lowest BCUT2D eigenvalue weighted by Gasteiger charge is -2.14. The van der Waals surface area contributed by atoms with E-state index in [0.29, 0.717) is 17.5 Å². The van der Waals surface area contributed by atoms with Gasteiger partial charge in [-0.25, -0.2) is 15.0 Å². The first-order valence-electron chi connectivity index (χ1n) is 16.3. The first kappa shape index (κ1) is 27.4. The Morgan fingerprint density at radius 2 is 1.08 bits per heavy atom. The number of benzene rings is 7. The van der Waals surface area contributed by atoms with Gasteiger partial charge >= 0.3 is 0 Å². The summed E-state index contributed by atoms with van der Waals surface area (Å²) in [6.45, 7) is 0. The molecule has 228 valence electrons. The van der Waals surface area contributed by atoms with E-state index in [9.17, 15) is 0 Å². The largest absolute Gasteiger partial charge is 0.455 e. The summed E-state index contributed by atoms with van der Waals surface area (Å²) in [5.74, 6) is 1.80. The maximum absolute atomic E-state index is 6.60. The minimum absolute atomic E-state index is 0.587. The van der Waals surface area contributed by atoms with Crippen LogP contribution in [0.15, 0.2) is 162 Å².